The van der Waals surface area contributed by atoms with Gasteiger partial charge in [-0.25, -0.2) is 4.79 Å². The zero-order valence-corrected chi connectivity index (χ0v) is 21.2. The minimum Gasteiger partial charge on any atom is -0.489 e. The molecule has 8 nitrogen and oxygen atoms in total. The summed E-state index contributed by atoms with van der Waals surface area (Å²) in [4.78, 5) is 23.8. The first-order valence-corrected chi connectivity index (χ1v) is 12.4. The van der Waals surface area contributed by atoms with Crippen LogP contribution in [0.2, 0.25) is 0 Å². The van der Waals surface area contributed by atoms with Gasteiger partial charge < -0.3 is 30.0 Å². The summed E-state index contributed by atoms with van der Waals surface area (Å²) >= 11 is 0. The Kier molecular flexibility index (Phi) is 10.9. The normalized spacial score (nSPS) is 11.6. The molecule has 0 saturated carbocycles. The van der Waals surface area contributed by atoms with E-state index < -0.39 is 12.1 Å². The van der Waals surface area contributed by atoms with Crippen molar-refractivity contribution in [1.82, 2.24) is 10.6 Å². The van der Waals surface area contributed by atoms with Crippen molar-refractivity contribution < 1.29 is 28.9 Å². The Morgan fingerprint density at radius 2 is 1.54 bits per heavy atom. The summed E-state index contributed by atoms with van der Waals surface area (Å²) in [6.07, 6.45) is -0.852. The van der Waals surface area contributed by atoms with E-state index in [2.05, 4.69) is 10.6 Å². The highest BCUT2D eigenvalue weighted by Gasteiger charge is 2.17. The number of carboxylic acid groups (broad SMARTS) is 1. The van der Waals surface area contributed by atoms with Crippen LogP contribution in [0.1, 0.15) is 53.4 Å². The summed E-state index contributed by atoms with van der Waals surface area (Å²) in [6, 6.07) is 23.4. The molecule has 196 valence electrons. The Balaban J connectivity index is 1.56. The molecule has 3 N–H and O–H groups in total. The molecule has 0 aliphatic rings. The van der Waals surface area contributed by atoms with Crippen LogP contribution in [0.25, 0.3) is 0 Å². The topological polar surface area (TPSA) is 106 Å². The van der Waals surface area contributed by atoms with Crippen LogP contribution < -0.4 is 15.4 Å². The van der Waals surface area contributed by atoms with Gasteiger partial charge in [0.1, 0.15) is 12.4 Å². The van der Waals surface area contributed by atoms with E-state index in [1.165, 1.54) is 0 Å². The van der Waals surface area contributed by atoms with E-state index >= 15 is 0 Å². The number of carbonyl (C=O) groups is 2. The predicted octanol–water partition coefficient (Wildman–Crippen LogP) is 5.14. The zero-order chi connectivity index (χ0) is 26.5. The lowest BCUT2D eigenvalue weighted by Crippen LogP contribution is -2.29. The lowest BCUT2D eigenvalue weighted by molar-refractivity contribution is -0.138. The van der Waals surface area contributed by atoms with E-state index in [0.29, 0.717) is 44.1 Å². The van der Waals surface area contributed by atoms with E-state index in [-0.39, 0.29) is 12.2 Å². The van der Waals surface area contributed by atoms with Gasteiger partial charge in [-0.1, -0.05) is 54.6 Å². The van der Waals surface area contributed by atoms with Gasteiger partial charge in [0.25, 0.3) is 5.91 Å². The molecule has 1 unspecified atom stereocenters. The first-order valence-electron chi connectivity index (χ1n) is 12.4. The third kappa shape index (κ3) is 8.93. The molecule has 0 aromatic heterocycles. The van der Waals surface area contributed by atoms with Crippen molar-refractivity contribution >= 4 is 12.0 Å². The molecule has 0 heterocycles. The monoisotopic (exact) mass is 506 g/mol. The zero-order valence-electron chi connectivity index (χ0n) is 21.2. The number of rotatable bonds is 14. The Morgan fingerprint density at radius 1 is 0.865 bits per heavy atom. The number of amides is 2. The largest absolute Gasteiger partial charge is 0.489 e. The molecular weight excluding hydrogens is 472 g/mol. The number of benzene rings is 3. The molecule has 0 aliphatic heterocycles. The van der Waals surface area contributed by atoms with Crippen LogP contribution in [-0.4, -0.2) is 43.2 Å². The van der Waals surface area contributed by atoms with Crippen molar-refractivity contribution in [2.24, 2.45) is 0 Å². The molecule has 0 saturated heterocycles. The highest BCUT2D eigenvalue weighted by Crippen LogP contribution is 2.26. The van der Waals surface area contributed by atoms with Gasteiger partial charge in [0, 0.05) is 31.7 Å². The summed E-state index contributed by atoms with van der Waals surface area (Å²) < 4.78 is 16.9. The third-order valence-electron chi connectivity index (χ3n) is 5.58. The summed E-state index contributed by atoms with van der Waals surface area (Å²) in [6.45, 7) is 5.68. The molecule has 3 aromatic rings. The number of hydrogen-bond acceptors (Lipinski definition) is 5. The van der Waals surface area contributed by atoms with E-state index in [4.69, 9.17) is 14.2 Å². The van der Waals surface area contributed by atoms with Gasteiger partial charge in [0.05, 0.1) is 6.04 Å². The van der Waals surface area contributed by atoms with Gasteiger partial charge in [-0.15, -0.1) is 0 Å². The van der Waals surface area contributed by atoms with Crippen molar-refractivity contribution in [2.75, 3.05) is 19.8 Å². The molecule has 3 rings (SSSR count). The van der Waals surface area contributed by atoms with Crippen LogP contribution in [0, 0.1) is 0 Å². The van der Waals surface area contributed by atoms with Crippen LogP contribution in [0.5, 0.6) is 5.75 Å². The second-order valence-electron chi connectivity index (χ2n) is 8.24. The molecule has 37 heavy (non-hydrogen) atoms. The number of nitrogens with one attached hydrogen (secondary N) is 2. The van der Waals surface area contributed by atoms with Crippen LogP contribution >= 0.6 is 0 Å². The summed E-state index contributed by atoms with van der Waals surface area (Å²) in [5.74, 6) is 0.454. The second-order valence-corrected chi connectivity index (χ2v) is 8.24. The molecular formula is C29H34N2O6. The van der Waals surface area contributed by atoms with E-state index in [9.17, 15) is 14.7 Å². The van der Waals surface area contributed by atoms with Crippen LogP contribution in [0.15, 0.2) is 78.9 Å². The van der Waals surface area contributed by atoms with Gasteiger partial charge in [0.2, 0.25) is 0 Å². The summed E-state index contributed by atoms with van der Waals surface area (Å²) in [5, 5.41) is 14.8. The van der Waals surface area contributed by atoms with Crippen LogP contribution in [0.4, 0.5) is 4.79 Å². The Hall–Kier alpha value is -3.88. The maximum absolute atomic E-state index is 12.5. The second kappa shape index (κ2) is 14.6. The van der Waals surface area contributed by atoms with Gasteiger partial charge in [-0.2, -0.15) is 0 Å². The fraction of sp³-hybridized carbons (Fsp3) is 0.310. The van der Waals surface area contributed by atoms with Crippen molar-refractivity contribution in [3.05, 3.63) is 101 Å². The Morgan fingerprint density at radius 3 is 2.19 bits per heavy atom. The Bertz CT molecular complexity index is 1110. The number of hydrogen-bond donors (Lipinski definition) is 3. The van der Waals surface area contributed by atoms with Gasteiger partial charge in [-0.3, -0.25) is 4.79 Å². The number of carbonyl (C=O) groups excluding carboxylic acids is 1. The Labute approximate surface area is 217 Å². The van der Waals surface area contributed by atoms with Crippen molar-refractivity contribution in [3.63, 3.8) is 0 Å². The maximum Gasteiger partial charge on any atom is 0.405 e. The maximum atomic E-state index is 12.5. The molecule has 1 atom stereocenters. The standard InChI is InChI=1S/C29H34N2O6/c1-3-35-26(36-4-2)17-18-30-28(32)23-15-13-21(14-16-23)20-37-25-12-8-11-24(19-25)27(31-29(33)34)22-9-6-5-7-10-22/h5-16,19,26-27,31H,3-4,17-18,20H2,1-2H3,(H,30,32)(H,33,34). The fourth-order valence-electron chi connectivity index (χ4n) is 3.82. The minimum absolute atomic E-state index is 0.162. The van der Waals surface area contributed by atoms with Crippen molar-refractivity contribution in [1.29, 1.82) is 0 Å². The van der Waals surface area contributed by atoms with E-state index in [0.717, 1.165) is 16.7 Å². The molecule has 0 radical (unpaired) electrons. The highest BCUT2D eigenvalue weighted by atomic mass is 16.7. The summed E-state index contributed by atoms with van der Waals surface area (Å²) in [7, 11) is 0. The molecule has 3 aromatic carbocycles. The van der Waals surface area contributed by atoms with Gasteiger partial charge >= 0.3 is 6.09 Å². The fourth-order valence-corrected chi connectivity index (χ4v) is 3.82. The first-order chi connectivity index (χ1) is 18.0. The molecule has 2 amide bonds. The minimum atomic E-state index is -1.10. The van der Waals surface area contributed by atoms with E-state index in [1.54, 1.807) is 12.1 Å². The smallest absolute Gasteiger partial charge is 0.405 e. The van der Waals surface area contributed by atoms with Crippen LogP contribution in [-0.2, 0) is 16.1 Å². The molecule has 0 fully saturated rings. The molecule has 0 aliphatic carbocycles. The van der Waals surface area contributed by atoms with Crippen LogP contribution in [0.3, 0.4) is 0 Å². The van der Waals surface area contributed by atoms with Crippen molar-refractivity contribution in [3.8, 4) is 5.75 Å². The lowest BCUT2D eigenvalue weighted by Gasteiger charge is -2.19. The molecule has 0 bridgehead atoms. The average molecular weight is 507 g/mol. The molecule has 8 heteroatoms. The molecule has 0 spiro atoms. The predicted molar refractivity (Wildman–Crippen MR) is 141 cm³/mol. The van der Waals surface area contributed by atoms with Gasteiger partial charge in [-0.05, 0) is 54.8 Å². The quantitative estimate of drug-likeness (QED) is 0.261. The number of ether oxygens (including phenoxy) is 3. The highest BCUT2D eigenvalue weighted by molar-refractivity contribution is 5.94. The van der Waals surface area contributed by atoms with Crippen molar-refractivity contribution in [2.45, 2.75) is 39.2 Å². The SMILES string of the molecule is CCOC(CCNC(=O)c1ccc(COc2cccc(C(NC(=O)O)c3ccccc3)c2)cc1)OCC. The van der Waals surface area contributed by atoms with Gasteiger partial charge in [0.15, 0.2) is 6.29 Å². The van der Waals surface area contributed by atoms with E-state index in [1.807, 2.05) is 80.6 Å². The summed E-state index contributed by atoms with van der Waals surface area (Å²) in [5.41, 5.74) is 3.06. The average Bonchev–Trinajstić information content (AvgIpc) is 2.91. The third-order valence-corrected chi connectivity index (χ3v) is 5.58. The lowest BCUT2D eigenvalue weighted by atomic mass is 9.98. The first kappa shape index (κ1) is 27.7.